The van der Waals surface area contributed by atoms with Crippen molar-refractivity contribution in [3.05, 3.63) is 17.7 Å². The normalized spacial score (nSPS) is 31.3. The second-order valence-electron chi connectivity index (χ2n) is 4.10. The molecule has 0 aromatic carbocycles. The van der Waals surface area contributed by atoms with Crippen molar-refractivity contribution in [1.29, 1.82) is 0 Å². The third-order valence-corrected chi connectivity index (χ3v) is 3.24. The second-order valence-corrected chi connectivity index (χ2v) is 4.10. The summed E-state index contributed by atoms with van der Waals surface area (Å²) in [5.41, 5.74) is 7.03. The lowest BCUT2D eigenvalue weighted by molar-refractivity contribution is -0.138. The van der Waals surface area contributed by atoms with Crippen molar-refractivity contribution in [2.75, 3.05) is 0 Å². The van der Waals surface area contributed by atoms with Crippen LogP contribution in [0.1, 0.15) is 19.3 Å². The van der Waals surface area contributed by atoms with Crippen LogP contribution < -0.4 is 0 Å². The van der Waals surface area contributed by atoms with E-state index < -0.39 is 22.9 Å². The van der Waals surface area contributed by atoms with Gasteiger partial charge in [-0.05, 0) is 25.2 Å². The molecule has 1 saturated carbocycles. The molecule has 1 fully saturated rings. The van der Waals surface area contributed by atoms with Gasteiger partial charge in [-0.1, -0.05) is 12.2 Å². The van der Waals surface area contributed by atoms with Crippen molar-refractivity contribution < 1.29 is 19.5 Å². The molecule has 0 saturated heterocycles. The number of nitrogens with zero attached hydrogens (tertiary/aromatic N) is 2. The molecule has 0 amide bonds. The quantitative estimate of drug-likeness (QED) is 0.242. The lowest BCUT2D eigenvalue weighted by Gasteiger charge is -2.17. The smallest absolute Gasteiger partial charge is 0.442 e. The molecule has 1 N–H and O–H groups in total. The van der Waals surface area contributed by atoms with E-state index >= 15 is 0 Å². The fourth-order valence-corrected chi connectivity index (χ4v) is 2.45. The van der Waals surface area contributed by atoms with E-state index in [2.05, 4.69) is 4.79 Å². The van der Waals surface area contributed by atoms with Crippen molar-refractivity contribution in [2.24, 2.45) is 11.3 Å². The van der Waals surface area contributed by atoms with E-state index in [0.717, 1.165) is 6.42 Å². The van der Waals surface area contributed by atoms with E-state index in [1.54, 1.807) is 6.08 Å². The van der Waals surface area contributed by atoms with Gasteiger partial charge in [0.25, 0.3) is 5.78 Å². The molecule has 0 radical (unpaired) electrons. The van der Waals surface area contributed by atoms with Crippen LogP contribution in [-0.2, 0) is 9.59 Å². The summed E-state index contributed by atoms with van der Waals surface area (Å²) in [5.74, 6) is -1.67. The number of carbonyl (C=O) groups excluding carboxylic acids is 1. The lowest BCUT2D eigenvalue weighted by Crippen LogP contribution is -2.37. The fraction of sp³-hybridized carbons (Fsp3) is 0.500. The molecule has 5 nitrogen and oxygen atoms in total. The first-order valence-electron chi connectivity index (χ1n) is 4.78. The van der Waals surface area contributed by atoms with Crippen molar-refractivity contribution in [3.63, 3.8) is 0 Å². The Hall–Kier alpha value is -1.74. The minimum absolute atomic E-state index is 0.377. The van der Waals surface area contributed by atoms with Crippen LogP contribution in [0.4, 0.5) is 0 Å². The number of allylic oxidation sites excluding steroid dienone is 2. The summed E-state index contributed by atoms with van der Waals surface area (Å²) in [5, 5.41) is 8.69. The van der Waals surface area contributed by atoms with E-state index in [-0.39, 0.29) is 0 Å². The third-order valence-electron chi connectivity index (χ3n) is 3.24. The van der Waals surface area contributed by atoms with Crippen molar-refractivity contribution in [3.8, 4) is 0 Å². The Morgan fingerprint density at radius 2 is 2.27 bits per heavy atom. The highest BCUT2D eigenvalue weighted by Crippen LogP contribution is 2.49. The molecule has 15 heavy (non-hydrogen) atoms. The Balaban J connectivity index is 2.33. The molecule has 5 heteroatoms. The number of Topliss-reactive ketones (excluding diaryl/α,β-unsaturated/α-hetero) is 1. The maximum Gasteiger partial charge on any atom is 0.442 e. The molecule has 0 heterocycles. The van der Waals surface area contributed by atoms with Gasteiger partial charge in [0.05, 0.1) is 5.41 Å². The van der Waals surface area contributed by atoms with Crippen LogP contribution in [-0.4, -0.2) is 27.4 Å². The summed E-state index contributed by atoms with van der Waals surface area (Å²) in [4.78, 5) is 25.1. The first-order chi connectivity index (χ1) is 7.09. The van der Waals surface area contributed by atoms with Gasteiger partial charge in [0, 0.05) is 0 Å². The number of aliphatic carboxylic acids is 1. The summed E-state index contributed by atoms with van der Waals surface area (Å²) in [7, 11) is 0. The standard InChI is InChI=1S/C10H10N2O3/c11-12-7(9(14)15)8(13)10-3-1-6(5-10)2-4-10/h1,3,6H,2,4-5H2,(H,14,15). The number of hydrogen-bond acceptors (Lipinski definition) is 2. The molecule has 2 rings (SSSR count). The molecule has 2 bridgehead atoms. The van der Waals surface area contributed by atoms with E-state index in [4.69, 9.17) is 10.6 Å². The van der Waals surface area contributed by atoms with Crippen LogP contribution in [0.2, 0.25) is 0 Å². The zero-order valence-electron chi connectivity index (χ0n) is 8.01. The minimum atomic E-state index is -1.47. The van der Waals surface area contributed by atoms with Gasteiger partial charge < -0.3 is 10.6 Å². The molecule has 2 atom stereocenters. The van der Waals surface area contributed by atoms with Gasteiger partial charge in [-0.3, -0.25) is 4.79 Å². The Kier molecular flexibility index (Phi) is 2.05. The van der Waals surface area contributed by atoms with Gasteiger partial charge in [-0.15, -0.1) is 0 Å². The largest absolute Gasteiger partial charge is 0.472 e. The maximum absolute atomic E-state index is 11.9. The Morgan fingerprint density at radius 3 is 2.60 bits per heavy atom. The predicted octanol–water partition coefficient (Wildman–Crippen LogP) is 0.667. The van der Waals surface area contributed by atoms with E-state index in [1.165, 1.54) is 0 Å². The predicted molar refractivity (Wildman–Crippen MR) is 50.2 cm³/mol. The highest BCUT2D eigenvalue weighted by atomic mass is 16.4. The van der Waals surface area contributed by atoms with Crippen LogP contribution in [0.25, 0.3) is 5.53 Å². The SMILES string of the molecule is [N-]=[N+]=C(C(=O)O)C(=O)C12C=CC(CC1)C2. The van der Waals surface area contributed by atoms with E-state index in [1.807, 2.05) is 6.08 Å². The van der Waals surface area contributed by atoms with Crippen molar-refractivity contribution >= 4 is 17.5 Å². The first kappa shape index (κ1) is 9.80. The zero-order valence-corrected chi connectivity index (χ0v) is 8.01. The molecule has 78 valence electrons. The van der Waals surface area contributed by atoms with Crippen LogP contribution in [0.15, 0.2) is 12.2 Å². The topological polar surface area (TPSA) is 90.8 Å². The van der Waals surface area contributed by atoms with Crippen LogP contribution in [0, 0.1) is 11.3 Å². The molecule has 2 unspecified atom stereocenters. The lowest BCUT2D eigenvalue weighted by atomic mass is 9.81. The molecule has 0 aliphatic heterocycles. The fourth-order valence-electron chi connectivity index (χ4n) is 2.45. The van der Waals surface area contributed by atoms with Crippen molar-refractivity contribution in [1.82, 2.24) is 0 Å². The van der Waals surface area contributed by atoms with E-state index in [9.17, 15) is 9.59 Å². The average molecular weight is 206 g/mol. The number of ketones is 1. The molecule has 0 aromatic heterocycles. The second kappa shape index (κ2) is 3.14. The van der Waals surface area contributed by atoms with Crippen LogP contribution in [0.3, 0.4) is 0 Å². The molecule has 2 aliphatic rings. The number of carbonyl (C=O) groups is 2. The summed E-state index contributed by atoms with van der Waals surface area (Å²) in [6.45, 7) is 0. The Bertz CT molecular complexity index is 420. The van der Waals surface area contributed by atoms with Gasteiger partial charge in [-0.2, -0.15) is 4.79 Å². The monoisotopic (exact) mass is 206 g/mol. The van der Waals surface area contributed by atoms with Gasteiger partial charge in [0.2, 0.25) is 0 Å². The average Bonchev–Trinajstić information content (AvgIpc) is 2.78. The van der Waals surface area contributed by atoms with Gasteiger partial charge in [-0.25, -0.2) is 4.79 Å². The van der Waals surface area contributed by atoms with Gasteiger partial charge >= 0.3 is 11.7 Å². The van der Waals surface area contributed by atoms with Crippen molar-refractivity contribution in [2.45, 2.75) is 19.3 Å². The highest BCUT2D eigenvalue weighted by molar-refractivity contribution is 6.63. The first-order valence-corrected chi connectivity index (χ1v) is 4.78. The summed E-state index contributed by atoms with van der Waals surface area (Å²) >= 11 is 0. The number of hydrogen-bond donors (Lipinski definition) is 1. The summed E-state index contributed by atoms with van der Waals surface area (Å²) in [6.07, 6.45) is 5.91. The zero-order chi connectivity index (χ0) is 11.1. The molecule has 0 aromatic rings. The number of rotatable bonds is 3. The molecular weight excluding hydrogens is 196 g/mol. The highest BCUT2D eigenvalue weighted by Gasteiger charge is 2.52. The third kappa shape index (κ3) is 1.32. The molecular formula is C10H10N2O3. The molecule has 2 aliphatic carbocycles. The molecule has 0 spiro atoms. The maximum atomic E-state index is 11.9. The van der Waals surface area contributed by atoms with Crippen LogP contribution in [0.5, 0.6) is 0 Å². The number of carboxylic acid groups (broad SMARTS) is 1. The number of carboxylic acids is 1. The van der Waals surface area contributed by atoms with Gasteiger partial charge in [0.1, 0.15) is 0 Å². The summed E-state index contributed by atoms with van der Waals surface area (Å²) < 4.78 is 0. The van der Waals surface area contributed by atoms with Gasteiger partial charge in [0.15, 0.2) is 0 Å². The van der Waals surface area contributed by atoms with Crippen LogP contribution >= 0.6 is 0 Å². The summed E-state index contributed by atoms with van der Waals surface area (Å²) in [6, 6.07) is 0. The Labute approximate surface area is 86.0 Å². The Morgan fingerprint density at radius 1 is 1.53 bits per heavy atom. The number of fused-ring (bicyclic) bond motifs is 2. The van der Waals surface area contributed by atoms with E-state index in [0.29, 0.717) is 18.8 Å². The minimum Gasteiger partial charge on any atom is -0.472 e.